The highest BCUT2D eigenvalue weighted by Gasteiger charge is 2.11. The summed E-state index contributed by atoms with van der Waals surface area (Å²) in [5, 5.41) is 0. The number of fused-ring (bicyclic) bond motifs is 1. The quantitative estimate of drug-likeness (QED) is 0.692. The van der Waals surface area contributed by atoms with E-state index in [0.29, 0.717) is 32.7 Å². The van der Waals surface area contributed by atoms with Gasteiger partial charge in [0.15, 0.2) is 5.58 Å². The second-order valence-electron chi connectivity index (χ2n) is 3.87. The Hall–Kier alpha value is -1.88. The average molecular weight is 307 g/mol. The lowest BCUT2D eigenvalue weighted by Crippen LogP contribution is -1.83. The zero-order valence-electron chi connectivity index (χ0n) is 9.15. The number of nitrogen functional groups attached to an aromatic ring is 1. The predicted octanol–water partition coefficient (Wildman–Crippen LogP) is 3.98. The normalized spacial score (nSPS) is 11.0. The molecule has 0 aliphatic carbocycles. The van der Waals surface area contributed by atoms with E-state index >= 15 is 0 Å². The molecule has 0 atom stereocenters. The van der Waals surface area contributed by atoms with Crippen LogP contribution in [0, 0.1) is 5.82 Å². The molecule has 0 fully saturated rings. The topological polar surface area (TPSA) is 52.0 Å². The smallest absolute Gasteiger partial charge is 0.228 e. The van der Waals surface area contributed by atoms with Crippen molar-refractivity contribution < 1.29 is 8.81 Å². The fraction of sp³-hybridized carbons (Fsp3) is 0. The Morgan fingerprint density at radius 1 is 1.17 bits per heavy atom. The van der Waals surface area contributed by atoms with Crippen molar-refractivity contribution in [3.63, 3.8) is 0 Å². The van der Waals surface area contributed by atoms with Gasteiger partial charge in [0.25, 0.3) is 0 Å². The van der Waals surface area contributed by atoms with Gasteiger partial charge in [0.1, 0.15) is 11.3 Å². The maximum Gasteiger partial charge on any atom is 0.228 e. The molecule has 0 saturated carbocycles. The summed E-state index contributed by atoms with van der Waals surface area (Å²) in [5.41, 5.74) is 8.34. The van der Waals surface area contributed by atoms with Crippen LogP contribution in [0.15, 0.2) is 45.3 Å². The van der Waals surface area contributed by atoms with Crippen LogP contribution >= 0.6 is 15.9 Å². The Bertz CT molecular complexity index is 739. The highest BCUT2D eigenvalue weighted by Crippen LogP contribution is 2.31. The largest absolute Gasteiger partial charge is 0.436 e. The van der Waals surface area contributed by atoms with Gasteiger partial charge >= 0.3 is 0 Å². The van der Waals surface area contributed by atoms with E-state index in [9.17, 15) is 4.39 Å². The van der Waals surface area contributed by atoms with Crippen LogP contribution in [0.4, 0.5) is 10.1 Å². The number of hydrogen-bond acceptors (Lipinski definition) is 3. The van der Waals surface area contributed by atoms with Crippen LogP contribution in [0.3, 0.4) is 0 Å². The van der Waals surface area contributed by atoms with Gasteiger partial charge in [-0.25, -0.2) is 9.37 Å². The van der Waals surface area contributed by atoms with Crippen molar-refractivity contribution in [2.24, 2.45) is 0 Å². The van der Waals surface area contributed by atoms with E-state index in [0.717, 1.165) is 0 Å². The van der Waals surface area contributed by atoms with E-state index in [1.807, 2.05) is 0 Å². The number of halogens is 2. The van der Waals surface area contributed by atoms with Crippen molar-refractivity contribution in [3.8, 4) is 11.5 Å². The van der Waals surface area contributed by atoms with Gasteiger partial charge in [-0.05, 0) is 52.3 Å². The lowest BCUT2D eigenvalue weighted by Gasteiger charge is -1.98. The summed E-state index contributed by atoms with van der Waals surface area (Å²) >= 11 is 3.29. The third kappa shape index (κ3) is 1.86. The molecule has 3 nitrogen and oxygen atoms in total. The minimum atomic E-state index is -0.314. The van der Waals surface area contributed by atoms with E-state index in [1.54, 1.807) is 24.3 Å². The van der Waals surface area contributed by atoms with Crippen molar-refractivity contribution in [1.82, 2.24) is 4.98 Å². The summed E-state index contributed by atoms with van der Waals surface area (Å²) in [4.78, 5) is 4.34. The molecule has 3 aromatic rings. The molecule has 0 bridgehead atoms. The molecule has 0 aliphatic heterocycles. The van der Waals surface area contributed by atoms with Crippen LogP contribution in [0.5, 0.6) is 0 Å². The maximum atomic E-state index is 13.0. The number of aromatic nitrogens is 1. The minimum absolute atomic E-state index is 0.314. The fourth-order valence-corrected chi connectivity index (χ4v) is 2.24. The number of nitrogens with two attached hydrogens (primary N) is 1. The van der Waals surface area contributed by atoms with E-state index in [4.69, 9.17) is 10.2 Å². The van der Waals surface area contributed by atoms with Crippen molar-refractivity contribution in [2.75, 3.05) is 5.73 Å². The summed E-state index contributed by atoms with van der Waals surface area (Å²) < 4.78 is 19.2. The van der Waals surface area contributed by atoms with Crippen LogP contribution in [-0.4, -0.2) is 4.98 Å². The molecule has 90 valence electrons. The van der Waals surface area contributed by atoms with Crippen LogP contribution in [0.2, 0.25) is 0 Å². The van der Waals surface area contributed by atoms with Crippen molar-refractivity contribution in [1.29, 1.82) is 0 Å². The summed E-state index contributed by atoms with van der Waals surface area (Å²) in [6, 6.07) is 9.60. The standard InChI is InChI=1S/C13H8BrFN2O/c14-10-5-7(15)1-3-9(10)13-17-11-6-8(16)2-4-12(11)18-13/h1-6H,16H2. The molecule has 5 heteroatoms. The third-order valence-electron chi connectivity index (χ3n) is 2.57. The summed E-state index contributed by atoms with van der Waals surface area (Å²) in [7, 11) is 0. The minimum Gasteiger partial charge on any atom is -0.436 e. The number of benzene rings is 2. The zero-order valence-corrected chi connectivity index (χ0v) is 10.7. The molecular formula is C13H8BrFN2O. The average Bonchev–Trinajstić information content (AvgIpc) is 2.71. The number of anilines is 1. The first kappa shape index (κ1) is 11.2. The highest BCUT2D eigenvalue weighted by atomic mass is 79.9. The van der Waals surface area contributed by atoms with Crippen LogP contribution < -0.4 is 5.73 Å². The van der Waals surface area contributed by atoms with Gasteiger partial charge in [0.2, 0.25) is 5.89 Å². The first-order chi connectivity index (χ1) is 8.63. The van der Waals surface area contributed by atoms with Gasteiger partial charge in [-0.2, -0.15) is 0 Å². The van der Waals surface area contributed by atoms with Gasteiger partial charge in [-0.3, -0.25) is 0 Å². The van der Waals surface area contributed by atoms with Crippen molar-refractivity contribution in [3.05, 3.63) is 46.7 Å². The van der Waals surface area contributed by atoms with E-state index < -0.39 is 0 Å². The van der Waals surface area contributed by atoms with E-state index in [1.165, 1.54) is 12.1 Å². The fourth-order valence-electron chi connectivity index (χ4n) is 1.72. The second kappa shape index (κ2) is 4.10. The lowest BCUT2D eigenvalue weighted by molar-refractivity contribution is 0.615. The van der Waals surface area contributed by atoms with E-state index in [2.05, 4.69) is 20.9 Å². The molecule has 2 aromatic carbocycles. The first-order valence-corrected chi connectivity index (χ1v) is 6.04. The second-order valence-corrected chi connectivity index (χ2v) is 4.72. The molecule has 1 aromatic heterocycles. The van der Waals surface area contributed by atoms with Gasteiger partial charge in [-0.1, -0.05) is 0 Å². The predicted molar refractivity (Wildman–Crippen MR) is 71.5 cm³/mol. The third-order valence-corrected chi connectivity index (χ3v) is 3.23. The summed E-state index contributed by atoms with van der Waals surface area (Å²) in [6.45, 7) is 0. The first-order valence-electron chi connectivity index (χ1n) is 5.25. The Kier molecular flexibility index (Phi) is 2.56. The molecule has 1 heterocycles. The lowest BCUT2D eigenvalue weighted by atomic mass is 10.2. The van der Waals surface area contributed by atoms with Crippen molar-refractivity contribution in [2.45, 2.75) is 0 Å². The molecule has 18 heavy (non-hydrogen) atoms. The molecule has 0 radical (unpaired) electrons. The van der Waals surface area contributed by atoms with Crippen LogP contribution in [0.25, 0.3) is 22.6 Å². The van der Waals surface area contributed by atoms with E-state index in [-0.39, 0.29) is 5.82 Å². The molecule has 0 amide bonds. The zero-order chi connectivity index (χ0) is 12.7. The van der Waals surface area contributed by atoms with Gasteiger partial charge in [0.05, 0.1) is 5.56 Å². The van der Waals surface area contributed by atoms with Crippen LogP contribution in [0.1, 0.15) is 0 Å². The van der Waals surface area contributed by atoms with Crippen LogP contribution in [-0.2, 0) is 0 Å². The van der Waals surface area contributed by atoms with Gasteiger partial charge in [-0.15, -0.1) is 0 Å². The Labute approximate surface area is 111 Å². The summed E-state index contributed by atoms with van der Waals surface area (Å²) in [6.07, 6.45) is 0. The number of nitrogens with zero attached hydrogens (tertiary/aromatic N) is 1. The monoisotopic (exact) mass is 306 g/mol. The molecule has 2 N–H and O–H groups in total. The Balaban J connectivity index is 2.19. The molecule has 0 unspecified atom stereocenters. The van der Waals surface area contributed by atoms with Crippen molar-refractivity contribution >= 4 is 32.7 Å². The maximum absolute atomic E-state index is 13.0. The SMILES string of the molecule is Nc1ccc2oc(-c3ccc(F)cc3Br)nc2c1. The number of hydrogen-bond donors (Lipinski definition) is 1. The molecular weight excluding hydrogens is 299 g/mol. The number of oxazole rings is 1. The van der Waals surface area contributed by atoms with Gasteiger partial charge in [0, 0.05) is 10.2 Å². The summed E-state index contributed by atoms with van der Waals surface area (Å²) in [5.74, 6) is 0.119. The molecule has 3 rings (SSSR count). The van der Waals surface area contributed by atoms with Gasteiger partial charge < -0.3 is 10.2 Å². The molecule has 0 aliphatic rings. The molecule has 0 saturated heterocycles. The Morgan fingerprint density at radius 2 is 2.00 bits per heavy atom. The number of rotatable bonds is 1. The Morgan fingerprint density at radius 3 is 2.78 bits per heavy atom. The molecule has 0 spiro atoms. The highest BCUT2D eigenvalue weighted by molar-refractivity contribution is 9.10.